The molecule has 0 unspecified atom stereocenters. The summed E-state index contributed by atoms with van der Waals surface area (Å²) in [6.45, 7) is -1.61. The van der Waals surface area contributed by atoms with Crippen molar-refractivity contribution in [2.24, 2.45) is 0 Å². The van der Waals surface area contributed by atoms with Gasteiger partial charge in [-0.05, 0) is 50.2 Å². The molecule has 1 amide bonds. The van der Waals surface area contributed by atoms with Crippen LogP contribution >= 0.6 is 0 Å². The predicted molar refractivity (Wildman–Crippen MR) is 82.5 cm³/mol. The van der Waals surface area contributed by atoms with Crippen LogP contribution in [0.25, 0.3) is 10.9 Å². The van der Waals surface area contributed by atoms with Crippen molar-refractivity contribution in [3.63, 3.8) is 0 Å². The first-order chi connectivity index (χ1) is 11.6. The number of H-pyrrole nitrogens is 1. The van der Waals surface area contributed by atoms with E-state index >= 15 is 0 Å². The number of rotatable bonds is 5. The third kappa shape index (κ3) is 3.19. The molecule has 1 saturated heterocycles. The van der Waals surface area contributed by atoms with E-state index in [1.807, 2.05) is 31.1 Å². The maximum Gasteiger partial charge on any atom is 0.407 e. The summed E-state index contributed by atoms with van der Waals surface area (Å²) in [6.07, 6.45) is 0.111. The SMILES string of the molecule is [2H]c1[nH]c2ccc(C[C@]3([2H])NC(=O)OC3([2H])[2H])cc2c1CCN(C)C. The van der Waals surface area contributed by atoms with E-state index in [1.54, 1.807) is 6.07 Å². The molecular weight excluding hydrogens is 266 g/mol. The molecule has 1 aromatic heterocycles. The second-order valence-corrected chi connectivity index (χ2v) is 5.43. The molecule has 0 saturated carbocycles. The Kier molecular flexibility index (Phi) is 2.71. The molecule has 0 radical (unpaired) electrons. The van der Waals surface area contributed by atoms with Crippen molar-refractivity contribution in [3.8, 4) is 0 Å². The Hall–Kier alpha value is -2.01. The second kappa shape index (κ2) is 5.77. The summed E-state index contributed by atoms with van der Waals surface area (Å²) in [7, 11) is 3.94. The summed E-state index contributed by atoms with van der Waals surface area (Å²) in [4.78, 5) is 16.4. The van der Waals surface area contributed by atoms with E-state index in [4.69, 9.17) is 5.48 Å². The first-order valence-electron chi connectivity index (χ1n) is 8.87. The fraction of sp³-hybridized carbons (Fsp3) is 0.438. The van der Waals surface area contributed by atoms with E-state index in [0.717, 1.165) is 23.0 Å². The molecule has 2 N–H and O–H groups in total. The Balaban J connectivity index is 1.93. The summed E-state index contributed by atoms with van der Waals surface area (Å²) in [5, 5.41) is 3.14. The Bertz CT molecular complexity index is 821. The summed E-state index contributed by atoms with van der Waals surface area (Å²) in [6, 6.07) is 3.55. The average Bonchev–Trinajstić information content (AvgIpc) is 2.88. The van der Waals surface area contributed by atoms with E-state index in [2.05, 4.69) is 15.0 Å². The number of hydrogen-bond donors (Lipinski definition) is 2. The highest BCUT2D eigenvalue weighted by Gasteiger charge is 2.22. The maximum atomic E-state index is 11.4. The molecule has 3 rings (SSSR count). The van der Waals surface area contributed by atoms with Gasteiger partial charge in [0.15, 0.2) is 0 Å². The molecule has 112 valence electrons. The summed E-state index contributed by atoms with van der Waals surface area (Å²) < 4.78 is 36.5. The first kappa shape index (κ1) is 9.84. The monoisotopic (exact) mass is 291 g/mol. The van der Waals surface area contributed by atoms with Gasteiger partial charge in [-0.3, -0.25) is 0 Å². The van der Waals surface area contributed by atoms with E-state index < -0.39 is 18.7 Å². The van der Waals surface area contributed by atoms with Crippen LogP contribution in [-0.2, 0) is 17.6 Å². The largest absolute Gasteiger partial charge is 0.447 e. The molecule has 2 aromatic rings. The molecule has 0 bridgehead atoms. The number of likely N-dealkylation sites (N-methyl/N-ethyl adjacent to an activating group) is 1. The highest BCUT2D eigenvalue weighted by atomic mass is 16.6. The van der Waals surface area contributed by atoms with Crippen LogP contribution in [0.1, 0.15) is 16.6 Å². The van der Waals surface area contributed by atoms with Crippen molar-refractivity contribution >= 4 is 17.0 Å². The number of alkyl carbamates (subject to hydrolysis) is 1. The number of nitrogens with zero attached hydrogens (tertiary/aromatic N) is 1. The van der Waals surface area contributed by atoms with Gasteiger partial charge in [0.05, 0.1) is 11.5 Å². The van der Waals surface area contributed by atoms with Crippen molar-refractivity contribution in [1.29, 1.82) is 0 Å². The highest BCUT2D eigenvalue weighted by Crippen LogP contribution is 2.21. The lowest BCUT2D eigenvalue weighted by Crippen LogP contribution is -2.28. The lowest BCUT2D eigenvalue weighted by Gasteiger charge is -2.09. The minimum absolute atomic E-state index is 0.0344. The van der Waals surface area contributed by atoms with Crippen LogP contribution in [0.3, 0.4) is 0 Å². The lowest BCUT2D eigenvalue weighted by atomic mass is 10.0. The molecule has 1 aliphatic heterocycles. The zero-order valence-corrected chi connectivity index (χ0v) is 12.1. The van der Waals surface area contributed by atoms with E-state index in [1.165, 1.54) is 0 Å². The first-order valence-corrected chi connectivity index (χ1v) is 6.87. The maximum absolute atomic E-state index is 11.4. The van der Waals surface area contributed by atoms with Gasteiger partial charge in [-0.15, -0.1) is 0 Å². The molecule has 5 nitrogen and oxygen atoms in total. The number of fused-ring (bicyclic) bond motifs is 1. The standard InChI is InChI=1S/C16H21N3O2/c1-19(2)6-5-12-9-17-15-4-3-11(8-14(12)15)7-13-10-21-16(20)18-13/h3-4,8-9,13,17H,5-7,10H2,1-2H3,(H,18,20)/t13-/m0/s1/i9D,10D2,13D. The molecule has 1 atom stereocenters. The number of aromatic amines is 1. The number of amides is 1. The van der Waals surface area contributed by atoms with Crippen molar-refractivity contribution in [2.45, 2.75) is 18.9 Å². The number of aromatic nitrogens is 1. The smallest absolute Gasteiger partial charge is 0.407 e. The van der Waals surface area contributed by atoms with Crippen LogP contribution in [0.15, 0.2) is 24.4 Å². The summed E-state index contributed by atoms with van der Waals surface area (Å²) >= 11 is 0. The number of carbonyl (C=O) groups excluding carboxylic acids is 1. The Morgan fingerprint density at radius 2 is 2.43 bits per heavy atom. The van der Waals surface area contributed by atoms with Gasteiger partial charge < -0.3 is 19.9 Å². The fourth-order valence-corrected chi connectivity index (χ4v) is 2.37. The van der Waals surface area contributed by atoms with E-state index in [9.17, 15) is 4.79 Å². The van der Waals surface area contributed by atoms with E-state index in [-0.39, 0.29) is 6.42 Å². The molecule has 0 spiro atoms. The van der Waals surface area contributed by atoms with Crippen LogP contribution in [0.2, 0.25) is 0 Å². The zero-order chi connectivity index (χ0) is 18.4. The fourth-order valence-electron chi connectivity index (χ4n) is 2.37. The van der Waals surface area contributed by atoms with Gasteiger partial charge in [0.2, 0.25) is 0 Å². The Morgan fingerprint density at radius 3 is 3.14 bits per heavy atom. The van der Waals surface area contributed by atoms with Crippen molar-refractivity contribution in [2.75, 3.05) is 27.2 Å². The molecular formula is C16H21N3O2. The van der Waals surface area contributed by atoms with Crippen molar-refractivity contribution < 1.29 is 15.0 Å². The van der Waals surface area contributed by atoms with Crippen LogP contribution in [0.5, 0.6) is 0 Å². The van der Waals surface area contributed by atoms with Crippen LogP contribution < -0.4 is 5.32 Å². The molecule has 1 fully saturated rings. The van der Waals surface area contributed by atoms with Crippen LogP contribution in [0, 0.1) is 0 Å². The number of cyclic esters (lactones) is 1. The minimum Gasteiger partial charge on any atom is -0.447 e. The van der Waals surface area contributed by atoms with Crippen molar-refractivity contribution in [3.05, 3.63) is 35.5 Å². The number of ether oxygens (including phenoxy) is 1. The Morgan fingerprint density at radius 1 is 1.57 bits per heavy atom. The number of carbonyl (C=O) groups is 1. The summed E-state index contributed by atoms with van der Waals surface area (Å²) in [5.74, 6) is 0. The lowest BCUT2D eigenvalue weighted by molar-refractivity contribution is 0.177. The van der Waals surface area contributed by atoms with Gasteiger partial charge in [0.25, 0.3) is 0 Å². The molecule has 2 heterocycles. The minimum atomic E-state index is -2.41. The van der Waals surface area contributed by atoms with Gasteiger partial charge >= 0.3 is 6.09 Å². The normalized spacial score (nSPS) is 26.9. The molecule has 1 aliphatic rings. The predicted octanol–water partition coefficient (Wildman–Crippen LogP) is 1.92. The van der Waals surface area contributed by atoms with Gasteiger partial charge in [0, 0.05) is 23.6 Å². The summed E-state index contributed by atoms with van der Waals surface area (Å²) in [5.41, 5.74) is 2.41. The molecule has 5 heteroatoms. The molecule has 0 aliphatic carbocycles. The van der Waals surface area contributed by atoms with E-state index in [0.29, 0.717) is 18.2 Å². The van der Waals surface area contributed by atoms with Crippen LogP contribution in [-0.4, -0.2) is 49.2 Å². The van der Waals surface area contributed by atoms with Gasteiger partial charge in [-0.25, -0.2) is 4.79 Å². The molecule has 21 heavy (non-hydrogen) atoms. The third-order valence-electron chi connectivity index (χ3n) is 3.47. The number of nitrogens with one attached hydrogen (secondary N) is 2. The van der Waals surface area contributed by atoms with Gasteiger partial charge in [0.1, 0.15) is 6.56 Å². The molecule has 1 aromatic carbocycles. The highest BCUT2D eigenvalue weighted by molar-refractivity contribution is 5.84. The number of benzene rings is 1. The number of hydrogen-bond acceptors (Lipinski definition) is 3. The average molecular weight is 291 g/mol. The van der Waals surface area contributed by atoms with Gasteiger partial charge in [-0.1, -0.05) is 6.07 Å². The quantitative estimate of drug-likeness (QED) is 0.885. The van der Waals surface area contributed by atoms with Crippen LogP contribution in [0.4, 0.5) is 4.79 Å². The van der Waals surface area contributed by atoms with Gasteiger partial charge in [-0.2, -0.15) is 0 Å². The topological polar surface area (TPSA) is 57.4 Å². The Labute approximate surface area is 129 Å². The second-order valence-electron chi connectivity index (χ2n) is 5.43. The van der Waals surface area contributed by atoms with Crippen molar-refractivity contribution in [1.82, 2.24) is 15.2 Å². The zero-order valence-electron chi connectivity index (χ0n) is 16.1. The third-order valence-corrected chi connectivity index (χ3v) is 3.47.